The van der Waals surface area contributed by atoms with Gasteiger partial charge in [0, 0.05) is 9.92 Å². The second-order valence-corrected chi connectivity index (χ2v) is 5.13. The summed E-state index contributed by atoms with van der Waals surface area (Å²) in [6.45, 7) is 7.88. The molecule has 1 rings (SSSR count). The van der Waals surface area contributed by atoms with E-state index in [1.165, 1.54) is 11.8 Å². The van der Waals surface area contributed by atoms with Crippen LogP contribution >= 0.6 is 23.4 Å². The van der Waals surface area contributed by atoms with E-state index in [4.69, 9.17) is 16.3 Å². The molecule has 0 fully saturated rings. The van der Waals surface area contributed by atoms with Crippen LogP contribution < -0.4 is 0 Å². The number of ether oxygens (including phenoxy) is 1. The van der Waals surface area contributed by atoms with Crippen LogP contribution in [0, 0.1) is 5.92 Å². The van der Waals surface area contributed by atoms with Crippen LogP contribution in [0.5, 0.6) is 0 Å². The van der Waals surface area contributed by atoms with Crippen molar-refractivity contribution in [2.75, 3.05) is 6.61 Å². The highest BCUT2D eigenvalue weighted by Crippen LogP contribution is 2.31. The lowest BCUT2D eigenvalue weighted by molar-refractivity contribution is -0.145. The minimum absolute atomic E-state index is 0.237. The van der Waals surface area contributed by atoms with Crippen LogP contribution in [-0.4, -0.2) is 12.6 Å². The molecule has 2 nitrogen and oxygen atoms in total. The molecular formula is C13H15ClO2S. The normalized spacial score (nSPS) is 11.9. The van der Waals surface area contributed by atoms with Gasteiger partial charge < -0.3 is 4.74 Å². The molecule has 4 heteroatoms. The van der Waals surface area contributed by atoms with Crippen LogP contribution in [0.3, 0.4) is 0 Å². The monoisotopic (exact) mass is 270 g/mol. The molecule has 1 aromatic rings. The largest absolute Gasteiger partial charge is 0.466 e. The summed E-state index contributed by atoms with van der Waals surface area (Å²) < 4.78 is 4.95. The molecule has 0 saturated carbocycles. The fourth-order valence-electron chi connectivity index (χ4n) is 1.14. The Kier molecular flexibility index (Phi) is 5.59. The van der Waals surface area contributed by atoms with Crippen molar-refractivity contribution in [1.29, 1.82) is 0 Å². The fraction of sp³-hybridized carbons (Fsp3) is 0.308. The first-order chi connectivity index (χ1) is 8.04. The first-order valence-electron chi connectivity index (χ1n) is 5.33. The van der Waals surface area contributed by atoms with E-state index in [1.54, 1.807) is 13.8 Å². The molecule has 0 aromatic heterocycles. The first-order valence-corrected chi connectivity index (χ1v) is 6.53. The quantitative estimate of drug-likeness (QED) is 0.594. The zero-order chi connectivity index (χ0) is 12.8. The molecule has 0 radical (unpaired) electrons. The predicted molar refractivity (Wildman–Crippen MR) is 72.2 cm³/mol. The summed E-state index contributed by atoms with van der Waals surface area (Å²) in [5.41, 5.74) is 0. The molecule has 0 N–H and O–H groups in total. The smallest absolute Gasteiger partial charge is 0.313 e. The van der Waals surface area contributed by atoms with E-state index in [9.17, 15) is 4.79 Å². The lowest BCUT2D eigenvalue weighted by Crippen LogP contribution is -2.15. The number of hydrogen-bond donors (Lipinski definition) is 0. The number of rotatable bonds is 5. The van der Waals surface area contributed by atoms with E-state index in [2.05, 4.69) is 6.58 Å². The Hall–Kier alpha value is -0.930. The van der Waals surface area contributed by atoms with Gasteiger partial charge in [0.15, 0.2) is 0 Å². The SMILES string of the molecule is C=C(Sc1ccc(Cl)cc1)C(C)C(=O)OCC. The highest BCUT2D eigenvalue weighted by Gasteiger charge is 2.18. The van der Waals surface area contributed by atoms with Crippen molar-refractivity contribution in [2.24, 2.45) is 5.92 Å². The maximum Gasteiger partial charge on any atom is 0.313 e. The van der Waals surface area contributed by atoms with Crippen molar-refractivity contribution in [1.82, 2.24) is 0 Å². The van der Waals surface area contributed by atoms with Crippen molar-refractivity contribution in [3.8, 4) is 0 Å². The number of carbonyl (C=O) groups excluding carboxylic acids is 1. The Morgan fingerprint density at radius 3 is 2.59 bits per heavy atom. The number of esters is 1. The number of thioether (sulfide) groups is 1. The summed E-state index contributed by atoms with van der Waals surface area (Å²) in [7, 11) is 0. The molecule has 1 unspecified atom stereocenters. The van der Waals surface area contributed by atoms with Gasteiger partial charge in [-0.15, -0.1) is 0 Å². The maximum absolute atomic E-state index is 11.5. The van der Waals surface area contributed by atoms with Gasteiger partial charge in [0.05, 0.1) is 12.5 Å². The van der Waals surface area contributed by atoms with Gasteiger partial charge in [-0.25, -0.2) is 0 Å². The molecule has 0 bridgehead atoms. The third-order valence-electron chi connectivity index (χ3n) is 2.19. The van der Waals surface area contributed by atoms with Gasteiger partial charge in [-0.1, -0.05) is 29.9 Å². The van der Waals surface area contributed by atoms with Crippen molar-refractivity contribution < 1.29 is 9.53 Å². The molecule has 0 aliphatic carbocycles. The first kappa shape index (κ1) is 14.1. The average Bonchev–Trinajstić information content (AvgIpc) is 2.31. The molecule has 1 atom stereocenters. The molecular weight excluding hydrogens is 256 g/mol. The Bertz CT molecular complexity index is 400. The van der Waals surface area contributed by atoms with Crippen LogP contribution in [0.15, 0.2) is 40.6 Å². The maximum atomic E-state index is 11.5. The topological polar surface area (TPSA) is 26.3 Å². The van der Waals surface area contributed by atoms with E-state index < -0.39 is 0 Å². The second-order valence-electron chi connectivity index (χ2n) is 3.50. The minimum atomic E-state index is -0.310. The molecule has 17 heavy (non-hydrogen) atoms. The molecule has 0 aliphatic rings. The van der Waals surface area contributed by atoms with Crippen molar-refractivity contribution in [2.45, 2.75) is 18.7 Å². The van der Waals surface area contributed by atoms with Gasteiger partial charge in [0.1, 0.15) is 0 Å². The number of hydrogen-bond acceptors (Lipinski definition) is 3. The van der Waals surface area contributed by atoms with Crippen LogP contribution in [0.2, 0.25) is 5.02 Å². The van der Waals surface area contributed by atoms with Crippen LogP contribution in [0.1, 0.15) is 13.8 Å². The lowest BCUT2D eigenvalue weighted by Gasteiger charge is -2.12. The Balaban J connectivity index is 2.59. The summed E-state index contributed by atoms with van der Waals surface area (Å²) in [5.74, 6) is -0.547. The summed E-state index contributed by atoms with van der Waals surface area (Å²) >= 11 is 7.26. The lowest BCUT2D eigenvalue weighted by atomic mass is 10.2. The molecule has 1 aromatic carbocycles. The van der Waals surface area contributed by atoms with E-state index in [1.807, 2.05) is 24.3 Å². The van der Waals surface area contributed by atoms with E-state index in [0.29, 0.717) is 11.6 Å². The van der Waals surface area contributed by atoms with Gasteiger partial charge >= 0.3 is 5.97 Å². The molecule has 0 saturated heterocycles. The summed E-state index contributed by atoms with van der Waals surface area (Å²) in [4.78, 5) is 13.3. The number of benzene rings is 1. The standard InChI is InChI=1S/C13H15ClO2S/c1-4-16-13(15)9(2)10(3)17-12-7-5-11(14)6-8-12/h5-9H,3-4H2,1-2H3. The van der Waals surface area contributed by atoms with Gasteiger partial charge in [0.2, 0.25) is 0 Å². The highest BCUT2D eigenvalue weighted by atomic mass is 35.5. The van der Waals surface area contributed by atoms with Crippen molar-refractivity contribution in [3.05, 3.63) is 40.8 Å². The molecule has 92 valence electrons. The van der Waals surface area contributed by atoms with Crippen LogP contribution in [0.25, 0.3) is 0 Å². The molecule has 0 amide bonds. The van der Waals surface area contributed by atoms with E-state index in [-0.39, 0.29) is 11.9 Å². The van der Waals surface area contributed by atoms with Crippen molar-refractivity contribution in [3.63, 3.8) is 0 Å². The van der Waals surface area contributed by atoms with Crippen LogP contribution in [-0.2, 0) is 9.53 Å². The summed E-state index contributed by atoms with van der Waals surface area (Å²) in [6, 6.07) is 7.42. The van der Waals surface area contributed by atoms with Gasteiger partial charge in [-0.3, -0.25) is 4.79 Å². The minimum Gasteiger partial charge on any atom is -0.466 e. The highest BCUT2D eigenvalue weighted by molar-refractivity contribution is 8.03. The predicted octanol–water partition coefficient (Wildman–Crippen LogP) is 4.15. The van der Waals surface area contributed by atoms with Gasteiger partial charge in [-0.05, 0) is 43.0 Å². The van der Waals surface area contributed by atoms with E-state index >= 15 is 0 Å². The van der Waals surface area contributed by atoms with Crippen LogP contribution in [0.4, 0.5) is 0 Å². The Morgan fingerprint density at radius 1 is 1.47 bits per heavy atom. The Morgan fingerprint density at radius 2 is 2.06 bits per heavy atom. The molecule has 0 spiro atoms. The number of carbonyl (C=O) groups is 1. The van der Waals surface area contributed by atoms with E-state index in [0.717, 1.165) is 9.80 Å². The summed E-state index contributed by atoms with van der Waals surface area (Å²) in [5, 5.41) is 0.693. The number of halogens is 1. The third-order valence-corrected chi connectivity index (χ3v) is 3.56. The molecule has 0 aliphatic heterocycles. The third kappa shape index (κ3) is 4.44. The zero-order valence-electron chi connectivity index (χ0n) is 9.90. The fourth-order valence-corrected chi connectivity index (χ4v) is 2.12. The van der Waals surface area contributed by atoms with Gasteiger partial charge in [0.25, 0.3) is 0 Å². The van der Waals surface area contributed by atoms with Gasteiger partial charge in [-0.2, -0.15) is 0 Å². The molecule has 0 heterocycles. The summed E-state index contributed by atoms with van der Waals surface area (Å²) in [6.07, 6.45) is 0. The van der Waals surface area contributed by atoms with Crippen molar-refractivity contribution >= 4 is 29.3 Å². The second kappa shape index (κ2) is 6.72. The Labute approximate surface area is 111 Å². The average molecular weight is 271 g/mol. The zero-order valence-corrected chi connectivity index (χ0v) is 11.5.